The van der Waals surface area contributed by atoms with Crippen LogP contribution in [0.25, 0.3) is 0 Å². The highest BCUT2D eigenvalue weighted by Crippen LogP contribution is 2.21. The monoisotopic (exact) mass is 307 g/mol. The Labute approximate surface area is 139 Å². The van der Waals surface area contributed by atoms with Gasteiger partial charge in [-0.1, -0.05) is 30.0 Å². The van der Waals surface area contributed by atoms with Gasteiger partial charge >= 0.3 is 0 Å². The van der Waals surface area contributed by atoms with Crippen molar-refractivity contribution in [2.24, 2.45) is 0 Å². The van der Waals surface area contributed by atoms with E-state index in [9.17, 15) is 4.79 Å². The van der Waals surface area contributed by atoms with Crippen LogP contribution in [0.15, 0.2) is 42.5 Å². The van der Waals surface area contributed by atoms with Crippen LogP contribution in [0.1, 0.15) is 52.7 Å². The van der Waals surface area contributed by atoms with Crippen molar-refractivity contribution in [3.63, 3.8) is 0 Å². The lowest BCUT2D eigenvalue weighted by Crippen LogP contribution is -2.23. The average molecular weight is 307 g/mol. The molecule has 1 aliphatic rings. The fourth-order valence-corrected chi connectivity index (χ4v) is 3.42. The maximum Gasteiger partial charge on any atom is 0.193 e. The summed E-state index contributed by atoms with van der Waals surface area (Å²) in [6.07, 6.45) is 5.20. The van der Waals surface area contributed by atoms with Gasteiger partial charge in [0.15, 0.2) is 5.78 Å². The summed E-state index contributed by atoms with van der Waals surface area (Å²) in [6, 6.07) is 14.2. The average Bonchev–Trinajstić information content (AvgIpc) is 2.83. The minimum absolute atomic E-state index is 0.110. The van der Waals surface area contributed by atoms with Crippen LogP contribution in [0.3, 0.4) is 0 Å². The van der Waals surface area contributed by atoms with Crippen LogP contribution in [0.4, 0.5) is 5.69 Å². The number of hydrogen-bond donors (Lipinski definition) is 0. The van der Waals surface area contributed by atoms with E-state index in [4.69, 9.17) is 0 Å². The van der Waals surface area contributed by atoms with Gasteiger partial charge in [-0.2, -0.15) is 0 Å². The molecule has 1 heterocycles. The lowest BCUT2D eigenvalue weighted by Gasteiger charge is -2.22. The van der Waals surface area contributed by atoms with Crippen molar-refractivity contribution in [1.29, 1.82) is 0 Å². The number of hydrogen-bond acceptors (Lipinski definition) is 2. The highest BCUT2D eigenvalue weighted by atomic mass is 16.1. The van der Waals surface area contributed by atoms with Crippen molar-refractivity contribution in [1.82, 2.24) is 0 Å². The van der Waals surface area contributed by atoms with Crippen LogP contribution in [0.2, 0.25) is 0 Å². The van der Waals surface area contributed by atoms with Crippen molar-refractivity contribution in [3.05, 3.63) is 64.7 Å². The van der Waals surface area contributed by atoms with Crippen LogP contribution < -0.4 is 4.90 Å². The highest BCUT2D eigenvalue weighted by Gasteiger charge is 2.13. The fourth-order valence-electron chi connectivity index (χ4n) is 3.42. The summed E-state index contributed by atoms with van der Waals surface area (Å²) >= 11 is 0. The standard InChI is InChI=1S/C21H25NO/c1-16-13-17(2)15-19(14-16)21(23)18-7-9-20(10-8-18)22-11-5-3-4-6-12-22/h7-10,13-15H,3-6,11-12H2,1-2H3. The number of ketones is 1. The number of nitrogens with zero attached hydrogens (tertiary/aromatic N) is 1. The van der Waals surface area contributed by atoms with Crippen molar-refractivity contribution < 1.29 is 4.79 Å². The van der Waals surface area contributed by atoms with Crippen LogP contribution in [-0.4, -0.2) is 18.9 Å². The topological polar surface area (TPSA) is 20.3 Å². The third-order valence-corrected chi connectivity index (χ3v) is 4.58. The van der Waals surface area contributed by atoms with Gasteiger partial charge in [-0.25, -0.2) is 0 Å². The molecule has 1 saturated heterocycles. The zero-order valence-electron chi connectivity index (χ0n) is 14.1. The smallest absolute Gasteiger partial charge is 0.193 e. The van der Waals surface area contributed by atoms with Gasteiger partial charge in [-0.3, -0.25) is 4.79 Å². The number of anilines is 1. The third-order valence-electron chi connectivity index (χ3n) is 4.58. The Bertz CT molecular complexity index is 659. The molecule has 0 N–H and O–H groups in total. The molecular formula is C21H25NO. The predicted octanol–water partition coefficient (Wildman–Crippen LogP) is 4.91. The lowest BCUT2D eigenvalue weighted by atomic mass is 9.99. The molecule has 2 heteroatoms. The SMILES string of the molecule is Cc1cc(C)cc(C(=O)c2ccc(N3CCCCCC3)cc2)c1. The Morgan fingerprint density at radius 3 is 1.91 bits per heavy atom. The Kier molecular flexibility index (Phi) is 4.80. The number of aryl methyl sites for hydroxylation is 2. The van der Waals surface area contributed by atoms with E-state index in [1.807, 2.05) is 38.1 Å². The molecule has 0 atom stereocenters. The van der Waals surface area contributed by atoms with Gasteiger partial charge in [0, 0.05) is 29.9 Å². The molecule has 1 aliphatic heterocycles. The molecule has 0 bridgehead atoms. The zero-order valence-corrected chi connectivity index (χ0v) is 14.1. The highest BCUT2D eigenvalue weighted by molar-refractivity contribution is 6.09. The molecule has 2 aromatic rings. The fraction of sp³-hybridized carbons (Fsp3) is 0.381. The number of carbonyl (C=O) groups is 1. The minimum atomic E-state index is 0.110. The first-order chi connectivity index (χ1) is 11.1. The minimum Gasteiger partial charge on any atom is -0.372 e. The molecule has 0 radical (unpaired) electrons. The number of benzene rings is 2. The van der Waals surface area contributed by atoms with Gasteiger partial charge < -0.3 is 4.90 Å². The van der Waals surface area contributed by atoms with Crippen molar-refractivity contribution in [2.75, 3.05) is 18.0 Å². The van der Waals surface area contributed by atoms with E-state index in [2.05, 4.69) is 23.1 Å². The molecule has 2 aromatic carbocycles. The van der Waals surface area contributed by atoms with Gasteiger partial charge in [0.1, 0.15) is 0 Å². The first kappa shape index (κ1) is 15.8. The molecule has 1 fully saturated rings. The van der Waals surface area contributed by atoms with Crippen LogP contribution in [0, 0.1) is 13.8 Å². The summed E-state index contributed by atoms with van der Waals surface area (Å²) in [7, 11) is 0. The summed E-state index contributed by atoms with van der Waals surface area (Å²) < 4.78 is 0. The summed E-state index contributed by atoms with van der Waals surface area (Å²) in [6.45, 7) is 6.33. The molecule has 0 spiro atoms. The van der Waals surface area contributed by atoms with Gasteiger partial charge in [-0.15, -0.1) is 0 Å². The summed E-state index contributed by atoms with van der Waals surface area (Å²) in [5.41, 5.74) is 5.06. The summed E-state index contributed by atoms with van der Waals surface area (Å²) in [5, 5.41) is 0. The molecule has 0 saturated carbocycles. The first-order valence-electron chi connectivity index (χ1n) is 8.61. The van der Waals surface area contributed by atoms with Crippen LogP contribution in [0.5, 0.6) is 0 Å². The largest absolute Gasteiger partial charge is 0.372 e. The van der Waals surface area contributed by atoms with Crippen molar-refractivity contribution in [2.45, 2.75) is 39.5 Å². The van der Waals surface area contributed by atoms with Gasteiger partial charge in [0.2, 0.25) is 0 Å². The maximum atomic E-state index is 12.7. The molecule has 120 valence electrons. The zero-order chi connectivity index (χ0) is 16.2. The van der Waals surface area contributed by atoms with Crippen molar-refractivity contribution in [3.8, 4) is 0 Å². The van der Waals surface area contributed by atoms with Gasteiger partial charge in [0.05, 0.1) is 0 Å². The predicted molar refractivity (Wildman–Crippen MR) is 96.5 cm³/mol. The Hall–Kier alpha value is -2.09. The van der Waals surface area contributed by atoms with Gasteiger partial charge in [0.25, 0.3) is 0 Å². The molecule has 23 heavy (non-hydrogen) atoms. The molecule has 0 aliphatic carbocycles. The van der Waals surface area contributed by atoms with Crippen LogP contribution in [-0.2, 0) is 0 Å². The summed E-state index contributed by atoms with van der Waals surface area (Å²) in [4.78, 5) is 15.1. The Balaban J connectivity index is 1.79. The maximum absolute atomic E-state index is 12.7. The normalized spacial score (nSPS) is 15.3. The van der Waals surface area contributed by atoms with E-state index in [0.29, 0.717) is 0 Å². The molecule has 3 rings (SSSR count). The lowest BCUT2D eigenvalue weighted by molar-refractivity contribution is 0.103. The summed E-state index contributed by atoms with van der Waals surface area (Å²) in [5.74, 6) is 0.110. The van der Waals surface area contributed by atoms with E-state index in [1.54, 1.807) is 0 Å². The Morgan fingerprint density at radius 1 is 0.783 bits per heavy atom. The molecule has 2 nitrogen and oxygen atoms in total. The van der Waals surface area contributed by atoms with E-state index in [-0.39, 0.29) is 5.78 Å². The van der Waals surface area contributed by atoms with Crippen molar-refractivity contribution >= 4 is 11.5 Å². The molecule has 0 amide bonds. The number of rotatable bonds is 3. The van der Waals surface area contributed by atoms with E-state index < -0.39 is 0 Å². The molecule has 0 aromatic heterocycles. The number of carbonyl (C=O) groups excluding carboxylic acids is 1. The molecule has 0 unspecified atom stereocenters. The Morgan fingerprint density at radius 2 is 1.35 bits per heavy atom. The van der Waals surface area contributed by atoms with Gasteiger partial charge in [-0.05, 0) is 63.1 Å². The van der Waals surface area contributed by atoms with E-state index >= 15 is 0 Å². The second-order valence-corrected chi connectivity index (χ2v) is 6.65. The third kappa shape index (κ3) is 3.82. The van der Waals surface area contributed by atoms with E-state index in [0.717, 1.165) is 35.3 Å². The second-order valence-electron chi connectivity index (χ2n) is 6.65. The second kappa shape index (κ2) is 6.99. The van der Waals surface area contributed by atoms with E-state index in [1.165, 1.54) is 31.4 Å². The quantitative estimate of drug-likeness (QED) is 0.751. The first-order valence-corrected chi connectivity index (χ1v) is 8.61. The van der Waals surface area contributed by atoms with Crippen LogP contribution >= 0.6 is 0 Å². The molecular weight excluding hydrogens is 282 g/mol.